The highest BCUT2D eigenvalue weighted by Crippen LogP contribution is 2.37. The molecule has 33 heavy (non-hydrogen) atoms. The number of ketones is 1. The van der Waals surface area contributed by atoms with Crippen molar-refractivity contribution < 1.29 is 9.59 Å². The number of aromatic nitrogens is 2. The molecule has 0 spiro atoms. The molecule has 0 saturated carbocycles. The Labute approximate surface area is 191 Å². The Morgan fingerprint density at radius 3 is 2.52 bits per heavy atom. The molecule has 4 aromatic carbocycles. The van der Waals surface area contributed by atoms with Crippen molar-refractivity contribution in [3.63, 3.8) is 0 Å². The Kier molecular flexibility index (Phi) is 4.61. The minimum absolute atomic E-state index is 0.0824. The van der Waals surface area contributed by atoms with Crippen molar-refractivity contribution in [2.24, 2.45) is 5.92 Å². The predicted molar refractivity (Wildman–Crippen MR) is 132 cm³/mol. The van der Waals surface area contributed by atoms with E-state index in [0.29, 0.717) is 13.0 Å². The maximum Gasteiger partial charge on any atom is 0.133 e. The van der Waals surface area contributed by atoms with Crippen molar-refractivity contribution >= 4 is 44.4 Å². The van der Waals surface area contributed by atoms with Crippen LogP contribution in [0.3, 0.4) is 0 Å². The van der Waals surface area contributed by atoms with Crippen LogP contribution in [0.15, 0.2) is 72.9 Å². The average molecular weight is 433 g/mol. The smallest absolute Gasteiger partial charge is 0.133 e. The molecule has 4 nitrogen and oxygen atoms in total. The van der Waals surface area contributed by atoms with Crippen LogP contribution in [-0.2, 0) is 22.6 Å². The topological polar surface area (TPSA) is 52.0 Å². The van der Waals surface area contributed by atoms with Gasteiger partial charge in [-0.15, -0.1) is 0 Å². The summed E-state index contributed by atoms with van der Waals surface area (Å²) in [6.45, 7) is 2.22. The second-order valence-corrected chi connectivity index (χ2v) is 9.08. The highest BCUT2D eigenvalue weighted by molar-refractivity contribution is 6.17. The minimum atomic E-state index is -0.384. The summed E-state index contributed by atoms with van der Waals surface area (Å²) >= 11 is 0. The van der Waals surface area contributed by atoms with Crippen LogP contribution in [0.5, 0.6) is 0 Å². The van der Waals surface area contributed by atoms with Crippen LogP contribution in [0, 0.1) is 5.92 Å². The Balaban J connectivity index is 1.45. The lowest BCUT2D eigenvalue weighted by molar-refractivity contribution is -0.124. The number of carbonyl (C=O) groups excluding carboxylic acids is 2. The summed E-state index contributed by atoms with van der Waals surface area (Å²) in [6.07, 6.45) is 4.18. The third kappa shape index (κ3) is 3.09. The molecule has 6 rings (SSSR count). The van der Waals surface area contributed by atoms with Crippen molar-refractivity contribution in [2.75, 3.05) is 0 Å². The molecular formula is C29H24N2O2. The van der Waals surface area contributed by atoms with Crippen LogP contribution in [0.25, 0.3) is 32.3 Å². The molecule has 0 bridgehead atoms. The van der Waals surface area contributed by atoms with Crippen LogP contribution in [-0.4, -0.2) is 21.8 Å². The van der Waals surface area contributed by atoms with Gasteiger partial charge in [-0.2, -0.15) is 5.10 Å². The molecule has 1 aromatic heterocycles. The van der Waals surface area contributed by atoms with E-state index >= 15 is 0 Å². The van der Waals surface area contributed by atoms with Crippen LogP contribution in [0.1, 0.15) is 36.1 Å². The first-order chi connectivity index (χ1) is 16.2. The fourth-order valence-corrected chi connectivity index (χ4v) is 5.65. The second-order valence-electron chi connectivity index (χ2n) is 9.08. The molecule has 0 fully saturated rings. The molecule has 0 saturated heterocycles. The van der Waals surface area contributed by atoms with Crippen molar-refractivity contribution in [1.29, 1.82) is 0 Å². The number of rotatable bonds is 4. The summed E-state index contributed by atoms with van der Waals surface area (Å²) in [5, 5.41) is 12.1. The van der Waals surface area contributed by atoms with Gasteiger partial charge in [0.2, 0.25) is 0 Å². The van der Waals surface area contributed by atoms with Gasteiger partial charge < -0.3 is 4.79 Å². The zero-order valence-corrected chi connectivity index (χ0v) is 18.5. The SMILES string of the molecule is CC(=O)C1CCc2c(cnn2Cc2cccc3c2ccc2c4ccccc4ccc32)C1C=O. The van der Waals surface area contributed by atoms with Crippen LogP contribution >= 0.6 is 0 Å². The van der Waals surface area contributed by atoms with Gasteiger partial charge in [0, 0.05) is 17.2 Å². The minimum Gasteiger partial charge on any atom is -0.303 e. The van der Waals surface area contributed by atoms with Crippen LogP contribution < -0.4 is 0 Å². The predicted octanol–water partition coefficient (Wildman–Crippen LogP) is 5.82. The van der Waals surface area contributed by atoms with E-state index in [1.807, 2.05) is 4.68 Å². The summed E-state index contributed by atoms with van der Waals surface area (Å²) in [7, 11) is 0. The van der Waals surface area contributed by atoms with Gasteiger partial charge >= 0.3 is 0 Å². The number of hydrogen-bond donors (Lipinski definition) is 0. The van der Waals surface area contributed by atoms with Gasteiger partial charge in [0.25, 0.3) is 0 Å². The van der Waals surface area contributed by atoms with Crippen LogP contribution in [0.4, 0.5) is 0 Å². The molecule has 5 aromatic rings. The first-order valence-corrected chi connectivity index (χ1v) is 11.5. The molecule has 1 aliphatic rings. The molecule has 1 heterocycles. The molecule has 1 aliphatic carbocycles. The third-order valence-electron chi connectivity index (χ3n) is 7.33. The number of hydrogen-bond acceptors (Lipinski definition) is 3. The highest BCUT2D eigenvalue weighted by Gasteiger charge is 2.34. The number of aldehydes is 1. The summed E-state index contributed by atoms with van der Waals surface area (Å²) in [6, 6.07) is 23.8. The molecule has 0 radical (unpaired) electrons. The van der Waals surface area contributed by atoms with E-state index < -0.39 is 0 Å². The Hall–Kier alpha value is -3.79. The van der Waals surface area contributed by atoms with E-state index in [-0.39, 0.29) is 17.6 Å². The van der Waals surface area contributed by atoms with Gasteiger partial charge in [0.1, 0.15) is 12.1 Å². The monoisotopic (exact) mass is 432 g/mol. The molecule has 0 N–H and O–H groups in total. The van der Waals surface area contributed by atoms with E-state index in [9.17, 15) is 9.59 Å². The molecule has 0 amide bonds. The normalized spacial score (nSPS) is 18.0. The van der Waals surface area contributed by atoms with E-state index in [2.05, 4.69) is 71.8 Å². The Bertz CT molecular complexity index is 1560. The van der Waals surface area contributed by atoms with Crippen molar-refractivity contribution in [3.8, 4) is 0 Å². The molecular weight excluding hydrogens is 408 g/mol. The molecule has 162 valence electrons. The Morgan fingerprint density at radius 1 is 0.939 bits per heavy atom. The van der Waals surface area contributed by atoms with E-state index in [1.54, 1.807) is 13.1 Å². The molecule has 2 unspecified atom stereocenters. The van der Waals surface area contributed by atoms with E-state index in [4.69, 9.17) is 0 Å². The largest absolute Gasteiger partial charge is 0.303 e. The number of carbonyl (C=O) groups is 2. The van der Waals surface area contributed by atoms with Crippen molar-refractivity contribution in [1.82, 2.24) is 9.78 Å². The average Bonchev–Trinajstić information content (AvgIpc) is 3.25. The third-order valence-corrected chi connectivity index (χ3v) is 7.33. The first kappa shape index (κ1) is 19.9. The van der Waals surface area contributed by atoms with Crippen molar-refractivity contribution in [2.45, 2.75) is 32.2 Å². The molecule has 4 heteroatoms. The summed E-state index contributed by atoms with van der Waals surface area (Å²) < 4.78 is 2.02. The van der Waals surface area contributed by atoms with Crippen LogP contribution in [0.2, 0.25) is 0 Å². The molecule has 2 atom stereocenters. The quantitative estimate of drug-likeness (QED) is 0.265. The maximum absolute atomic E-state index is 12.0. The lowest BCUT2D eigenvalue weighted by Gasteiger charge is -2.26. The number of fused-ring (bicyclic) bond motifs is 6. The second kappa shape index (κ2) is 7.66. The number of Topliss-reactive ketones (excluding diaryl/α,β-unsaturated/α-hetero) is 1. The van der Waals surface area contributed by atoms with Gasteiger partial charge in [-0.05, 0) is 57.6 Å². The lowest BCUT2D eigenvalue weighted by Crippen LogP contribution is -2.27. The van der Waals surface area contributed by atoms with Gasteiger partial charge in [0.05, 0.1) is 18.7 Å². The highest BCUT2D eigenvalue weighted by atomic mass is 16.1. The first-order valence-electron chi connectivity index (χ1n) is 11.5. The van der Waals surface area contributed by atoms with Gasteiger partial charge in [-0.3, -0.25) is 9.48 Å². The number of nitrogens with zero attached hydrogens (tertiary/aromatic N) is 2. The zero-order valence-electron chi connectivity index (χ0n) is 18.5. The zero-order chi connectivity index (χ0) is 22.5. The maximum atomic E-state index is 12.0. The van der Waals surface area contributed by atoms with Gasteiger partial charge in [-0.1, -0.05) is 66.7 Å². The lowest BCUT2D eigenvalue weighted by atomic mass is 9.77. The van der Waals surface area contributed by atoms with Gasteiger partial charge in [0.15, 0.2) is 0 Å². The fraction of sp³-hybridized carbons (Fsp3) is 0.207. The van der Waals surface area contributed by atoms with Crippen molar-refractivity contribution in [3.05, 3.63) is 89.7 Å². The van der Waals surface area contributed by atoms with E-state index in [1.165, 1.54) is 37.9 Å². The van der Waals surface area contributed by atoms with Gasteiger partial charge in [-0.25, -0.2) is 0 Å². The Morgan fingerprint density at radius 2 is 1.67 bits per heavy atom. The number of benzene rings is 4. The standard InChI is InChI=1S/C29H24N2O2/c1-18(33)21-13-14-29-27(28(21)17-32)15-30-31(29)16-20-6-4-8-24-23(20)11-12-25-22-7-3-2-5-19(22)9-10-26(24)25/h2-12,15,17,21,28H,13-14,16H2,1H3. The summed E-state index contributed by atoms with van der Waals surface area (Å²) in [5.41, 5.74) is 3.19. The fourth-order valence-electron chi connectivity index (χ4n) is 5.65. The molecule has 0 aliphatic heterocycles. The summed E-state index contributed by atoms with van der Waals surface area (Å²) in [4.78, 5) is 23.8. The van der Waals surface area contributed by atoms with E-state index in [0.717, 1.165) is 24.0 Å². The summed E-state index contributed by atoms with van der Waals surface area (Å²) in [5.74, 6) is -0.532.